The van der Waals surface area contributed by atoms with Crippen molar-refractivity contribution >= 4 is 5.96 Å². The van der Waals surface area contributed by atoms with Gasteiger partial charge in [-0.05, 0) is 44.2 Å². The van der Waals surface area contributed by atoms with E-state index in [-0.39, 0.29) is 0 Å². The quantitative estimate of drug-likeness (QED) is 0.380. The summed E-state index contributed by atoms with van der Waals surface area (Å²) >= 11 is 0. The van der Waals surface area contributed by atoms with Crippen molar-refractivity contribution in [2.45, 2.75) is 39.2 Å². The Morgan fingerprint density at radius 3 is 2.65 bits per heavy atom. The summed E-state index contributed by atoms with van der Waals surface area (Å²) in [5, 5.41) is 6.56. The number of para-hydroxylation sites is 1. The van der Waals surface area contributed by atoms with Crippen molar-refractivity contribution in [1.29, 1.82) is 0 Å². The van der Waals surface area contributed by atoms with Gasteiger partial charge in [-0.2, -0.15) is 0 Å². The van der Waals surface area contributed by atoms with E-state index in [0.717, 1.165) is 61.9 Å². The molecule has 1 fully saturated rings. The first-order chi connectivity index (χ1) is 12.7. The lowest BCUT2D eigenvalue weighted by Gasteiger charge is -2.15. The second-order valence-electron chi connectivity index (χ2n) is 6.56. The highest BCUT2D eigenvalue weighted by molar-refractivity contribution is 5.79. The number of hydrogen-bond acceptors (Lipinski definition) is 4. The van der Waals surface area contributed by atoms with Gasteiger partial charge in [0, 0.05) is 26.8 Å². The van der Waals surface area contributed by atoms with Crippen molar-refractivity contribution in [2.24, 2.45) is 4.99 Å². The number of nitrogens with zero attached hydrogens (tertiary/aromatic N) is 1. The fourth-order valence-electron chi connectivity index (χ4n) is 2.94. The summed E-state index contributed by atoms with van der Waals surface area (Å²) in [6.07, 6.45) is 3.52. The Morgan fingerprint density at radius 1 is 1.19 bits per heavy atom. The van der Waals surface area contributed by atoms with E-state index in [1.165, 1.54) is 0 Å². The summed E-state index contributed by atoms with van der Waals surface area (Å²) in [4.78, 5) is 4.23. The van der Waals surface area contributed by atoms with Crippen LogP contribution in [0.25, 0.3) is 0 Å². The zero-order valence-corrected chi connectivity index (χ0v) is 16.3. The van der Waals surface area contributed by atoms with Crippen LogP contribution in [0.4, 0.5) is 0 Å². The smallest absolute Gasteiger partial charge is 0.191 e. The van der Waals surface area contributed by atoms with Crippen LogP contribution in [0, 0.1) is 13.8 Å². The lowest BCUT2D eigenvalue weighted by atomic mass is 10.1. The number of aryl methyl sites for hydroxylation is 2. The maximum absolute atomic E-state index is 5.89. The van der Waals surface area contributed by atoms with E-state index in [1.807, 2.05) is 6.07 Å². The molecular formula is C20H33N3O3. The molecule has 1 aromatic carbocycles. The minimum Gasteiger partial charge on any atom is -0.491 e. The molecule has 0 saturated carbocycles. The third-order valence-electron chi connectivity index (χ3n) is 4.36. The largest absolute Gasteiger partial charge is 0.491 e. The van der Waals surface area contributed by atoms with E-state index in [2.05, 4.69) is 41.6 Å². The summed E-state index contributed by atoms with van der Waals surface area (Å²) in [7, 11) is 1.77. The molecule has 6 nitrogen and oxygen atoms in total. The Morgan fingerprint density at radius 2 is 1.96 bits per heavy atom. The minimum atomic E-state index is 0.300. The molecule has 1 heterocycles. The fourth-order valence-corrected chi connectivity index (χ4v) is 2.94. The first-order valence-electron chi connectivity index (χ1n) is 9.53. The Hall–Kier alpha value is -1.79. The van der Waals surface area contributed by atoms with Crippen molar-refractivity contribution < 1.29 is 14.2 Å². The molecule has 0 amide bonds. The summed E-state index contributed by atoms with van der Waals surface area (Å²) in [6.45, 7) is 8.57. The molecule has 2 rings (SSSR count). The van der Waals surface area contributed by atoms with Gasteiger partial charge in [0.1, 0.15) is 12.4 Å². The summed E-state index contributed by atoms with van der Waals surface area (Å²) in [5.74, 6) is 1.76. The SMILES string of the molecule is CN=C(NCCCOCC1CCCO1)NCCOc1c(C)cccc1C. The highest BCUT2D eigenvalue weighted by Crippen LogP contribution is 2.21. The minimum absolute atomic E-state index is 0.300. The molecule has 6 heteroatoms. The second-order valence-corrected chi connectivity index (χ2v) is 6.56. The van der Waals surface area contributed by atoms with Crippen LogP contribution in [-0.2, 0) is 9.47 Å². The van der Waals surface area contributed by atoms with E-state index in [1.54, 1.807) is 7.05 Å². The zero-order chi connectivity index (χ0) is 18.6. The van der Waals surface area contributed by atoms with E-state index in [4.69, 9.17) is 14.2 Å². The molecule has 0 aliphatic carbocycles. The van der Waals surface area contributed by atoms with Crippen molar-refractivity contribution in [3.63, 3.8) is 0 Å². The van der Waals surface area contributed by atoms with E-state index in [9.17, 15) is 0 Å². The highest BCUT2D eigenvalue weighted by Gasteiger charge is 2.14. The zero-order valence-electron chi connectivity index (χ0n) is 16.3. The van der Waals surface area contributed by atoms with Crippen molar-refractivity contribution in [2.75, 3.05) is 46.6 Å². The van der Waals surface area contributed by atoms with Gasteiger partial charge in [0.2, 0.25) is 0 Å². The highest BCUT2D eigenvalue weighted by atomic mass is 16.5. The van der Waals surface area contributed by atoms with Crippen LogP contribution in [0.3, 0.4) is 0 Å². The van der Waals surface area contributed by atoms with Crippen molar-refractivity contribution in [3.05, 3.63) is 29.3 Å². The number of hydrogen-bond donors (Lipinski definition) is 2. The van der Waals surface area contributed by atoms with Crippen LogP contribution in [0.1, 0.15) is 30.4 Å². The third kappa shape index (κ3) is 7.22. The maximum Gasteiger partial charge on any atom is 0.191 e. The Balaban J connectivity index is 1.52. The summed E-state index contributed by atoms with van der Waals surface area (Å²) in [6, 6.07) is 6.18. The van der Waals surface area contributed by atoms with Crippen LogP contribution in [-0.4, -0.2) is 58.6 Å². The van der Waals surface area contributed by atoms with Gasteiger partial charge >= 0.3 is 0 Å². The van der Waals surface area contributed by atoms with Gasteiger partial charge in [-0.15, -0.1) is 0 Å². The van der Waals surface area contributed by atoms with Gasteiger partial charge in [0.15, 0.2) is 5.96 Å². The van der Waals surface area contributed by atoms with Crippen LogP contribution in [0.5, 0.6) is 5.75 Å². The van der Waals surface area contributed by atoms with E-state index >= 15 is 0 Å². The molecule has 1 saturated heterocycles. The van der Waals surface area contributed by atoms with E-state index in [0.29, 0.717) is 25.9 Å². The summed E-state index contributed by atoms with van der Waals surface area (Å²) in [5.41, 5.74) is 2.33. The molecule has 1 aliphatic heterocycles. The molecule has 2 N–H and O–H groups in total. The van der Waals surface area contributed by atoms with E-state index < -0.39 is 0 Å². The van der Waals surface area contributed by atoms with Crippen molar-refractivity contribution in [1.82, 2.24) is 10.6 Å². The molecule has 0 spiro atoms. The Bertz CT molecular complexity index is 537. The number of aliphatic imine (C=N–C) groups is 1. The number of ether oxygens (including phenoxy) is 3. The topological polar surface area (TPSA) is 64.1 Å². The van der Waals surface area contributed by atoms with Crippen LogP contribution in [0.2, 0.25) is 0 Å². The molecule has 1 unspecified atom stereocenters. The molecule has 26 heavy (non-hydrogen) atoms. The van der Waals surface area contributed by atoms with Crippen molar-refractivity contribution in [3.8, 4) is 5.75 Å². The average molecular weight is 364 g/mol. The molecule has 146 valence electrons. The second kappa shape index (κ2) is 11.8. The molecule has 0 radical (unpaired) electrons. The third-order valence-corrected chi connectivity index (χ3v) is 4.36. The first kappa shape index (κ1) is 20.5. The standard InChI is InChI=1S/C20H33N3O3/c1-16-7-4-8-17(2)19(16)26-14-11-23-20(21-3)22-10-6-12-24-15-18-9-5-13-25-18/h4,7-8,18H,5-6,9-15H2,1-3H3,(H2,21,22,23). The average Bonchev–Trinajstić information content (AvgIpc) is 3.15. The Kier molecular flexibility index (Phi) is 9.28. The van der Waals surface area contributed by atoms with Gasteiger partial charge in [-0.25, -0.2) is 0 Å². The van der Waals surface area contributed by atoms with Gasteiger partial charge in [0.25, 0.3) is 0 Å². The monoisotopic (exact) mass is 363 g/mol. The van der Waals surface area contributed by atoms with Crippen LogP contribution in [0.15, 0.2) is 23.2 Å². The number of benzene rings is 1. The fraction of sp³-hybridized carbons (Fsp3) is 0.650. The Labute approximate surface area is 157 Å². The number of nitrogens with one attached hydrogen (secondary N) is 2. The predicted octanol–water partition coefficient (Wildman–Crippen LogP) is 2.43. The molecule has 1 atom stereocenters. The summed E-state index contributed by atoms with van der Waals surface area (Å²) < 4.78 is 17.1. The van der Waals surface area contributed by atoms with Gasteiger partial charge in [-0.1, -0.05) is 18.2 Å². The van der Waals surface area contributed by atoms with Gasteiger partial charge in [0.05, 0.1) is 19.3 Å². The molecule has 0 aromatic heterocycles. The maximum atomic E-state index is 5.89. The normalized spacial score (nSPS) is 17.3. The number of rotatable bonds is 10. The van der Waals surface area contributed by atoms with Gasteiger partial charge in [-0.3, -0.25) is 4.99 Å². The van der Waals surface area contributed by atoms with Crippen LogP contribution >= 0.6 is 0 Å². The lowest BCUT2D eigenvalue weighted by molar-refractivity contribution is 0.0168. The molecular weight excluding hydrogens is 330 g/mol. The van der Waals surface area contributed by atoms with Gasteiger partial charge < -0.3 is 24.8 Å². The molecule has 1 aliphatic rings. The first-order valence-corrected chi connectivity index (χ1v) is 9.53. The molecule has 1 aromatic rings. The predicted molar refractivity (Wildman–Crippen MR) is 105 cm³/mol. The lowest BCUT2D eigenvalue weighted by Crippen LogP contribution is -2.40. The van der Waals surface area contributed by atoms with Crippen LogP contribution < -0.4 is 15.4 Å². The number of guanidine groups is 1. The molecule has 0 bridgehead atoms.